The van der Waals surface area contributed by atoms with Gasteiger partial charge in [0.05, 0.1) is 28.3 Å². The molecule has 2 aromatic carbocycles. The minimum Gasteiger partial charge on any atom is -0.367 e. The largest absolute Gasteiger partial charge is 0.367 e. The summed E-state index contributed by atoms with van der Waals surface area (Å²) in [5.74, 6) is -0.669. The monoisotopic (exact) mass is 444 g/mol. The van der Waals surface area contributed by atoms with Gasteiger partial charge in [-0.1, -0.05) is 23.7 Å². The Hall–Kier alpha value is -2.10. The number of hydrogen-bond acceptors (Lipinski definition) is 5. The van der Waals surface area contributed by atoms with Crippen LogP contribution in [-0.4, -0.2) is 41.4 Å². The molecule has 2 aromatic rings. The quantitative estimate of drug-likeness (QED) is 0.766. The molecule has 10 heteroatoms. The van der Waals surface area contributed by atoms with Crippen molar-refractivity contribution in [2.45, 2.75) is 0 Å². The van der Waals surface area contributed by atoms with Crippen molar-refractivity contribution in [2.24, 2.45) is 0 Å². The molecule has 1 aliphatic heterocycles. The molecule has 0 radical (unpaired) electrons. The number of sulfone groups is 1. The van der Waals surface area contributed by atoms with Crippen LogP contribution in [0.4, 0.5) is 15.8 Å². The molecule has 1 N–H and O–H groups in total. The van der Waals surface area contributed by atoms with E-state index in [2.05, 4.69) is 4.72 Å². The van der Waals surface area contributed by atoms with Crippen LogP contribution in [-0.2, 0) is 19.9 Å². The van der Waals surface area contributed by atoms with Crippen molar-refractivity contribution in [3.63, 3.8) is 0 Å². The minimum absolute atomic E-state index is 0.0633. The molecule has 0 aromatic heterocycles. The second-order valence-corrected chi connectivity index (χ2v) is 10.6. The second kappa shape index (κ2) is 8.10. The summed E-state index contributed by atoms with van der Waals surface area (Å²) < 4.78 is 64.2. The van der Waals surface area contributed by atoms with Gasteiger partial charge in [-0.05, 0) is 42.0 Å². The topological polar surface area (TPSA) is 83.6 Å². The maximum Gasteiger partial charge on any atom is 0.255 e. The molecule has 0 spiro atoms. The van der Waals surface area contributed by atoms with E-state index in [1.165, 1.54) is 18.2 Å². The van der Waals surface area contributed by atoms with Crippen LogP contribution < -0.4 is 9.62 Å². The van der Waals surface area contributed by atoms with Gasteiger partial charge in [0, 0.05) is 18.1 Å². The molecule has 3 rings (SSSR count). The van der Waals surface area contributed by atoms with Crippen LogP contribution in [0.25, 0.3) is 6.08 Å². The van der Waals surface area contributed by atoms with Gasteiger partial charge in [0.2, 0.25) is 0 Å². The molecule has 28 heavy (non-hydrogen) atoms. The van der Waals surface area contributed by atoms with E-state index in [4.69, 9.17) is 11.6 Å². The van der Waals surface area contributed by atoms with Gasteiger partial charge < -0.3 is 4.90 Å². The normalized spacial score (nSPS) is 17.0. The molecule has 150 valence electrons. The highest BCUT2D eigenvalue weighted by Crippen LogP contribution is 2.26. The van der Waals surface area contributed by atoms with E-state index >= 15 is 0 Å². The molecule has 1 saturated heterocycles. The molecule has 0 atom stereocenters. The van der Waals surface area contributed by atoms with Gasteiger partial charge in [0.25, 0.3) is 10.0 Å². The first-order valence-electron chi connectivity index (χ1n) is 8.35. The summed E-state index contributed by atoms with van der Waals surface area (Å²) in [5.41, 5.74) is 1.01. The first-order valence-corrected chi connectivity index (χ1v) is 12.1. The van der Waals surface area contributed by atoms with Gasteiger partial charge in [0.1, 0.15) is 5.82 Å². The fourth-order valence-electron chi connectivity index (χ4n) is 2.71. The third kappa shape index (κ3) is 5.46. The Morgan fingerprint density at radius 3 is 2.36 bits per heavy atom. The van der Waals surface area contributed by atoms with Crippen LogP contribution >= 0.6 is 11.6 Å². The summed E-state index contributed by atoms with van der Waals surface area (Å²) in [6.45, 7) is 0.317. The van der Waals surface area contributed by atoms with Gasteiger partial charge in [-0.15, -0.1) is 0 Å². The SMILES string of the molecule is O=S1(=O)CCN(c2cc(NS(=O)(=O)/C=C/c3ccc(Cl)cc3)ccc2F)CC1. The molecule has 1 aliphatic rings. The van der Waals surface area contributed by atoms with E-state index in [0.717, 1.165) is 11.5 Å². The average molecular weight is 445 g/mol. The fourth-order valence-corrected chi connectivity index (χ4v) is 4.90. The molecule has 0 unspecified atom stereocenters. The first-order chi connectivity index (χ1) is 13.1. The van der Waals surface area contributed by atoms with E-state index in [1.807, 2.05) is 0 Å². The summed E-state index contributed by atoms with van der Waals surface area (Å²) in [6.07, 6.45) is 1.42. The highest BCUT2D eigenvalue weighted by molar-refractivity contribution is 7.95. The van der Waals surface area contributed by atoms with Crippen LogP contribution in [0.5, 0.6) is 0 Å². The number of anilines is 2. The zero-order chi connectivity index (χ0) is 20.4. The highest BCUT2D eigenvalue weighted by Gasteiger charge is 2.24. The molecule has 0 aliphatic carbocycles. The van der Waals surface area contributed by atoms with E-state index < -0.39 is 25.7 Å². The van der Waals surface area contributed by atoms with Crippen LogP contribution in [0.1, 0.15) is 5.56 Å². The number of benzene rings is 2. The van der Waals surface area contributed by atoms with Gasteiger partial charge >= 0.3 is 0 Å². The molecule has 1 fully saturated rings. The van der Waals surface area contributed by atoms with Crippen molar-refractivity contribution >= 4 is 48.9 Å². The van der Waals surface area contributed by atoms with Gasteiger partial charge in [-0.25, -0.2) is 21.2 Å². The molecule has 0 amide bonds. The predicted molar refractivity (Wildman–Crippen MR) is 110 cm³/mol. The summed E-state index contributed by atoms with van der Waals surface area (Å²) in [7, 11) is -6.93. The third-order valence-electron chi connectivity index (χ3n) is 4.20. The summed E-state index contributed by atoms with van der Waals surface area (Å²) in [5, 5.41) is 1.55. The maximum atomic E-state index is 14.2. The van der Waals surface area contributed by atoms with Gasteiger partial charge in [-0.2, -0.15) is 0 Å². The van der Waals surface area contributed by atoms with Crippen molar-refractivity contribution in [2.75, 3.05) is 34.2 Å². The lowest BCUT2D eigenvalue weighted by atomic mass is 10.2. The van der Waals surface area contributed by atoms with Crippen LogP contribution in [0.3, 0.4) is 0 Å². The van der Waals surface area contributed by atoms with Crippen LogP contribution in [0.2, 0.25) is 5.02 Å². The van der Waals surface area contributed by atoms with Crippen LogP contribution in [0, 0.1) is 5.82 Å². The number of rotatable bonds is 5. The maximum absolute atomic E-state index is 14.2. The first kappa shape index (κ1) is 20.6. The molecule has 1 heterocycles. The number of nitrogens with zero attached hydrogens (tertiary/aromatic N) is 1. The van der Waals surface area contributed by atoms with E-state index in [0.29, 0.717) is 10.6 Å². The van der Waals surface area contributed by atoms with Crippen molar-refractivity contribution in [3.05, 3.63) is 64.3 Å². The lowest BCUT2D eigenvalue weighted by Crippen LogP contribution is -2.40. The summed E-state index contributed by atoms with van der Waals surface area (Å²) >= 11 is 5.79. The Morgan fingerprint density at radius 2 is 1.71 bits per heavy atom. The number of halogens is 2. The van der Waals surface area contributed by atoms with Crippen molar-refractivity contribution in [1.82, 2.24) is 0 Å². The number of sulfonamides is 1. The van der Waals surface area contributed by atoms with Crippen molar-refractivity contribution < 1.29 is 21.2 Å². The van der Waals surface area contributed by atoms with E-state index in [1.54, 1.807) is 29.2 Å². The average Bonchev–Trinajstić information content (AvgIpc) is 2.63. The summed E-state index contributed by atoms with van der Waals surface area (Å²) in [4.78, 5) is 1.59. The van der Waals surface area contributed by atoms with Gasteiger partial charge in [-0.3, -0.25) is 4.72 Å². The standard InChI is InChI=1S/C18H18ClFN2O4S2/c19-15-3-1-14(2-4-15)7-10-28(25,26)21-16-5-6-17(20)18(13-16)22-8-11-27(23,24)12-9-22/h1-7,10,13,21H,8-9,11-12H2/b10-7+. The zero-order valence-electron chi connectivity index (χ0n) is 14.7. The van der Waals surface area contributed by atoms with E-state index in [-0.39, 0.29) is 36.0 Å². The van der Waals surface area contributed by atoms with Crippen molar-refractivity contribution in [1.29, 1.82) is 0 Å². The predicted octanol–water partition coefficient (Wildman–Crippen LogP) is 3.13. The molecule has 0 bridgehead atoms. The highest BCUT2D eigenvalue weighted by atomic mass is 35.5. The Labute approximate surface area is 168 Å². The third-order valence-corrected chi connectivity index (χ3v) is 7.08. The summed E-state index contributed by atoms with van der Waals surface area (Å²) in [6, 6.07) is 10.5. The minimum atomic E-state index is -3.82. The number of hydrogen-bond donors (Lipinski definition) is 1. The number of nitrogens with one attached hydrogen (secondary N) is 1. The van der Waals surface area contributed by atoms with E-state index in [9.17, 15) is 21.2 Å². The lowest BCUT2D eigenvalue weighted by Gasteiger charge is -2.29. The van der Waals surface area contributed by atoms with Crippen LogP contribution in [0.15, 0.2) is 47.9 Å². The molecular weight excluding hydrogens is 427 g/mol. The lowest BCUT2D eigenvalue weighted by molar-refractivity contribution is 0.582. The van der Waals surface area contributed by atoms with Gasteiger partial charge in [0.15, 0.2) is 9.84 Å². The Balaban J connectivity index is 1.76. The fraction of sp³-hybridized carbons (Fsp3) is 0.222. The Bertz CT molecular complexity index is 1090. The Kier molecular flexibility index (Phi) is 5.97. The second-order valence-electron chi connectivity index (χ2n) is 6.31. The Morgan fingerprint density at radius 1 is 1.07 bits per heavy atom. The molecule has 0 saturated carbocycles. The van der Waals surface area contributed by atoms with Crippen molar-refractivity contribution in [3.8, 4) is 0 Å². The molecular formula is C18H18ClFN2O4S2. The smallest absolute Gasteiger partial charge is 0.255 e. The molecule has 6 nitrogen and oxygen atoms in total. The zero-order valence-corrected chi connectivity index (χ0v) is 17.1.